The highest BCUT2D eigenvalue weighted by molar-refractivity contribution is 5.96. The summed E-state index contributed by atoms with van der Waals surface area (Å²) in [5, 5.41) is 11.8. The zero-order valence-electron chi connectivity index (χ0n) is 13.8. The number of carbonyl (C=O) groups excluding carboxylic acids is 2. The van der Waals surface area contributed by atoms with Crippen molar-refractivity contribution in [3.05, 3.63) is 35.4 Å². The first-order chi connectivity index (χ1) is 10.9. The number of nitrogens with zero attached hydrogens (tertiary/aromatic N) is 1. The van der Waals surface area contributed by atoms with Crippen molar-refractivity contribution in [2.45, 2.75) is 39.7 Å². The molecule has 0 spiro atoms. The van der Waals surface area contributed by atoms with Gasteiger partial charge in [-0.3, -0.25) is 9.59 Å². The molecule has 0 saturated heterocycles. The van der Waals surface area contributed by atoms with Crippen LogP contribution in [0.1, 0.15) is 43.1 Å². The van der Waals surface area contributed by atoms with Crippen molar-refractivity contribution >= 4 is 17.8 Å². The third-order valence-corrected chi connectivity index (χ3v) is 3.55. The van der Waals surface area contributed by atoms with Crippen LogP contribution in [-0.4, -0.2) is 46.9 Å². The summed E-state index contributed by atoms with van der Waals surface area (Å²) in [4.78, 5) is 36.0. The van der Waals surface area contributed by atoms with Gasteiger partial charge in [0.1, 0.15) is 6.04 Å². The van der Waals surface area contributed by atoms with Gasteiger partial charge in [0.15, 0.2) is 0 Å². The van der Waals surface area contributed by atoms with E-state index in [1.807, 2.05) is 12.1 Å². The van der Waals surface area contributed by atoms with Gasteiger partial charge in [-0.1, -0.05) is 25.5 Å². The van der Waals surface area contributed by atoms with Crippen LogP contribution in [0.3, 0.4) is 0 Å². The Morgan fingerprint density at radius 3 is 2.30 bits per heavy atom. The normalized spacial score (nSPS) is 11.6. The molecule has 0 saturated carbocycles. The second kappa shape index (κ2) is 8.92. The van der Waals surface area contributed by atoms with E-state index in [1.54, 1.807) is 12.1 Å². The minimum absolute atomic E-state index is 0.141. The Morgan fingerprint density at radius 2 is 1.83 bits per heavy atom. The molecule has 1 unspecified atom stereocenters. The number of hydrogen-bond acceptors (Lipinski definition) is 3. The van der Waals surface area contributed by atoms with Crippen molar-refractivity contribution in [2.75, 3.05) is 13.1 Å². The Morgan fingerprint density at radius 1 is 1.22 bits per heavy atom. The minimum Gasteiger partial charge on any atom is -0.480 e. The monoisotopic (exact) mass is 320 g/mol. The fraction of sp³-hybridized carbons (Fsp3) is 0.471. The average molecular weight is 320 g/mol. The second-order valence-corrected chi connectivity index (χ2v) is 5.44. The molecule has 1 aromatic carbocycles. The van der Waals surface area contributed by atoms with Gasteiger partial charge in [-0.15, -0.1) is 0 Å². The molecule has 0 aromatic heterocycles. The number of aryl methyl sites for hydroxylation is 1. The lowest BCUT2D eigenvalue weighted by molar-refractivity contribution is -0.141. The number of hydrogen-bond donors (Lipinski definition) is 2. The second-order valence-electron chi connectivity index (χ2n) is 5.44. The maximum Gasteiger partial charge on any atom is 0.326 e. The molecule has 0 aliphatic rings. The molecule has 2 amide bonds. The molecule has 1 rings (SSSR count). The quantitative estimate of drug-likeness (QED) is 0.763. The Kier molecular flexibility index (Phi) is 7.25. The van der Waals surface area contributed by atoms with Crippen LogP contribution in [0, 0.1) is 0 Å². The van der Waals surface area contributed by atoms with Crippen LogP contribution < -0.4 is 5.32 Å². The zero-order valence-corrected chi connectivity index (χ0v) is 13.8. The van der Waals surface area contributed by atoms with Crippen LogP contribution in [0.2, 0.25) is 0 Å². The standard InChI is InChI=1S/C17H24N2O4/c1-4-5-14-6-8-15(9-7-14)16(21)19(12(2)17(22)23)11-10-18-13(3)20/h6-9,12H,4-5,10-11H2,1-3H3,(H,18,20)(H,22,23). The molecule has 1 atom stereocenters. The number of rotatable bonds is 8. The summed E-state index contributed by atoms with van der Waals surface area (Å²) >= 11 is 0. The van der Waals surface area contributed by atoms with Crippen LogP contribution in [0.4, 0.5) is 0 Å². The molecule has 0 heterocycles. The number of benzene rings is 1. The fourth-order valence-corrected chi connectivity index (χ4v) is 2.23. The van der Waals surface area contributed by atoms with E-state index in [2.05, 4.69) is 12.2 Å². The van der Waals surface area contributed by atoms with Crippen molar-refractivity contribution in [3.63, 3.8) is 0 Å². The van der Waals surface area contributed by atoms with Gasteiger partial charge in [0.2, 0.25) is 5.91 Å². The summed E-state index contributed by atoms with van der Waals surface area (Å²) in [6.45, 7) is 5.27. The van der Waals surface area contributed by atoms with E-state index in [-0.39, 0.29) is 24.9 Å². The lowest BCUT2D eigenvalue weighted by Gasteiger charge is -2.26. The molecule has 0 aliphatic heterocycles. The molecule has 0 bridgehead atoms. The number of carboxylic acid groups (broad SMARTS) is 1. The summed E-state index contributed by atoms with van der Waals surface area (Å²) in [6.07, 6.45) is 1.96. The van der Waals surface area contributed by atoms with Crippen molar-refractivity contribution in [2.24, 2.45) is 0 Å². The van der Waals surface area contributed by atoms with Crippen LogP contribution in [-0.2, 0) is 16.0 Å². The van der Waals surface area contributed by atoms with Crippen molar-refractivity contribution in [1.29, 1.82) is 0 Å². The lowest BCUT2D eigenvalue weighted by atomic mass is 10.1. The molecule has 2 N–H and O–H groups in total. The molecule has 0 aliphatic carbocycles. The van der Waals surface area contributed by atoms with Gasteiger partial charge in [0.25, 0.3) is 5.91 Å². The van der Waals surface area contributed by atoms with E-state index in [9.17, 15) is 19.5 Å². The number of nitrogens with one attached hydrogen (secondary N) is 1. The summed E-state index contributed by atoms with van der Waals surface area (Å²) in [6, 6.07) is 6.23. The first-order valence-electron chi connectivity index (χ1n) is 7.74. The summed E-state index contributed by atoms with van der Waals surface area (Å²) < 4.78 is 0. The summed E-state index contributed by atoms with van der Waals surface area (Å²) in [5.74, 6) is -1.65. The molecule has 6 nitrogen and oxygen atoms in total. The van der Waals surface area contributed by atoms with Crippen molar-refractivity contribution in [1.82, 2.24) is 10.2 Å². The molecular weight excluding hydrogens is 296 g/mol. The smallest absolute Gasteiger partial charge is 0.326 e. The molecule has 126 valence electrons. The first kappa shape index (κ1) is 18.7. The topological polar surface area (TPSA) is 86.7 Å². The number of carbonyl (C=O) groups is 3. The van der Waals surface area contributed by atoms with Crippen molar-refractivity contribution < 1.29 is 19.5 Å². The lowest BCUT2D eigenvalue weighted by Crippen LogP contribution is -2.46. The van der Waals surface area contributed by atoms with Gasteiger partial charge in [0, 0.05) is 25.6 Å². The van der Waals surface area contributed by atoms with Gasteiger partial charge in [-0.2, -0.15) is 0 Å². The molecule has 1 aromatic rings. The SMILES string of the molecule is CCCc1ccc(C(=O)N(CCNC(C)=O)C(C)C(=O)O)cc1. The van der Waals surface area contributed by atoms with Crippen LogP contribution in [0.25, 0.3) is 0 Å². The predicted molar refractivity (Wildman–Crippen MR) is 87.3 cm³/mol. The molecule has 0 radical (unpaired) electrons. The molecule has 0 fully saturated rings. The van der Waals surface area contributed by atoms with E-state index in [4.69, 9.17) is 0 Å². The number of aliphatic carboxylic acids is 1. The molecule has 6 heteroatoms. The Hall–Kier alpha value is -2.37. The highest BCUT2D eigenvalue weighted by atomic mass is 16.4. The zero-order chi connectivity index (χ0) is 17.4. The largest absolute Gasteiger partial charge is 0.480 e. The van der Waals surface area contributed by atoms with Crippen LogP contribution in [0.15, 0.2) is 24.3 Å². The van der Waals surface area contributed by atoms with Gasteiger partial charge < -0.3 is 15.3 Å². The molecular formula is C17H24N2O4. The first-order valence-corrected chi connectivity index (χ1v) is 7.74. The highest BCUT2D eigenvalue weighted by Gasteiger charge is 2.26. The van der Waals surface area contributed by atoms with E-state index in [0.717, 1.165) is 18.4 Å². The Balaban J connectivity index is 2.88. The van der Waals surface area contributed by atoms with Gasteiger partial charge >= 0.3 is 5.97 Å². The maximum atomic E-state index is 12.6. The van der Waals surface area contributed by atoms with E-state index >= 15 is 0 Å². The van der Waals surface area contributed by atoms with E-state index in [0.29, 0.717) is 5.56 Å². The highest BCUT2D eigenvalue weighted by Crippen LogP contribution is 2.11. The summed E-state index contributed by atoms with van der Waals surface area (Å²) in [7, 11) is 0. The van der Waals surface area contributed by atoms with E-state index in [1.165, 1.54) is 18.7 Å². The van der Waals surface area contributed by atoms with Gasteiger partial charge in [-0.05, 0) is 31.0 Å². The predicted octanol–water partition coefficient (Wildman–Crippen LogP) is 1.69. The number of amides is 2. The maximum absolute atomic E-state index is 12.6. The van der Waals surface area contributed by atoms with Crippen LogP contribution >= 0.6 is 0 Å². The van der Waals surface area contributed by atoms with Gasteiger partial charge in [-0.25, -0.2) is 4.79 Å². The average Bonchev–Trinajstić information content (AvgIpc) is 2.51. The Bertz CT molecular complexity index is 554. The third-order valence-electron chi connectivity index (χ3n) is 3.55. The third kappa shape index (κ3) is 5.73. The minimum atomic E-state index is -1.08. The Labute approximate surface area is 136 Å². The molecule has 23 heavy (non-hydrogen) atoms. The summed E-state index contributed by atoms with van der Waals surface area (Å²) in [5.41, 5.74) is 1.58. The van der Waals surface area contributed by atoms with Crippen LogP contribution in [0.5, 0.6) is 0 Å². The fourth-order valence-electron chi connectivity index (χ4n) is 2.23. The van der Waals surface area contributed by atoms with Gasteiger partial charge in [0.05, 0.1) is 0 Å². The van der Waals surface area contributed by atoms with Crippen molar-refractivity contribution in [3.8, 4) is 0 Å². The number of carboxylic acids is 1. The van der Waals surface area contributed by atoms with E-state index < -0.39 is 12.0 Å².